The van der Waals surface area contributed by atoms with Crippen LogP contribution in [0.15, 0.2) is 36.5 Å². The number of amides is 2. The first-order valence-corrected chi connectivity index (χ1v) is 11.0. The molecule has 32 heavy (non-hydrogen) atoms. The van der Waals surface area contributed by atoms with Crippen LogP contribution in [0.25, 0.3) is 0 Å². The molecule has 0 aliphatic carbocycles. The van der Waals surface area contributed by atoms with Gasteiger partial charge < -0.3 is 15.0 Å². The van der Waals surface area contributed by atoms with E-state index in [4.69, 9.17) is 4.74 Å². The molecule has 172 valence electrons. The van der Waals surface area contributed by atoms with E-state index in [9.17, 15) is 9.59 Å². The Labute approximate surface area is 187 Å². The molecule has 0 spiro atoms. The van der Waals surface area contributed by atoms with Crippen LogP contribution in [0.3, 0.4) is 0 Å². The molecule has 0 bridgehead atoms. The summed E-state index contributed by atoms with van der Waals surface area (Å²) >= 11 is 0. The Kier molecular flexibility index (Phi) is 7.03. The molecule has 2 aromatic rings. The Hall–Kier alpha value is -2.95. The molecule has 2 saturated heterocycles. The van der Waals surface area contributed by atoms with E-state index < -0.39 is 0 Å². The van der Waals surface area contributed by atoms with Gasteiger partial charge in [-0.2, -0.15) is 0 Å². The Morgan fingerprint density at radius 2 is 1.91 bits per heavy atom. The van der Waals surface area contributed by atoms with Crippen molar-refractivity contribution in [2.75, 3.05) is 46.4 Å². The zero-order valence-corrected chi connectivity index (χ0v) is 18.6. The highest BCUT2D eigenvalue weighted by molar-refractivity contribution is 5.96. The van der Waals surface area contributed by atoms with Crippen LogP contribution in [0.5, 0.6) is 5.88 Å². The molecule has 2 fully saturated rings. The first kappa shape index (κ1) is 22.3. The van der Waals surface area contributed by atoms with Crippen molar-refractivity contribution in [3.05, 3.63) is 47.7 Å². The van der Waals surface area contributed by atoms with Gasteiger partial charge in [0.1, 0.15) is 11.6 Å². The number of aromatic nitrogens is 2. The number of piperazine rings is 1. The van der Waals surface area contributed by atoms with Crippen molar-refractivity contribution in [1.29, 1.82) is 0 Å². The SMILES string of the molecule is COc1nn(C)cc1C(=O)N1CCN(CCNC(=O)C2CC(c3ccccc3)NN2)CC1. The van der Waals surface area contributed by atoms with E-state index in [1.807, 2.05) is 23.1 Å². The maximum Gasteiger partial charge on any atom is 0.261 e. The molecule has 2 aliphatic heterocycles. The predicted octanol–water partition coefficient (Wildman–Crippen LogP) is -0.0895. The third-order valence-corrected chi connectivity index (χ3v) is 6.03. The van der Waals surface area contributed by atoms with E-state index in [2.05, 4.69) is 38.3 Å². The molecule has 0 radical (unpaired) electrons. The summed E-state index contributed by atoms with van der Waals surface area (Å²) in [5, 5.41) is 7.19. The molecule has 3 N–H and O–H groups in total. The van der Waals surface area contributed by atoms with Gasteiger partial charge in [-0.1, -0.05) is 30.3 Å². The third kappa shape index (κ3) is 5.09. The molecule has 1 aromatic carbocycles. The number of rotatable bonds is 7. The topological polar surface area (TPSA) is 104 Å². The van der Waals surface area contributed by atoms with Gasteiger partial charge in [0.05, 0.1) is 7.11 Å². The monoisotopic (exact) mass is 441 g/mol. The minimum absolute atomic E-state index is 0.00779. The van der Waals surface area contributed by atoms with Crippen molar-refractivity contribution < 1.29 is 14.3 Å². The van der Waals surface area contributed by atoms with Crippen molar-refractivity contribution >= 4 is 11.8 Å². The van der Waals surface area contributed by atoms with Gasteiger partial charge in [-0.05, 0) is 12.0 Å². The second-order valence-corrected chi connectivity index (χ2v) is 8.19. The zero-order valence-electron chi connectivity index (χ0n) is 18.6. The number of hydrogen-bond donors (Lipinski definition) is 3. The molecule has 10 heteroatoms. The standard InChI is InChI=1S/C22H31N7O3/c1-27-15-17(21(26-27)32-2)22(31)29-12-10-28(11-13-29)9-8-23-20(30)19-14-18(24-25-19)16-6-4-3-5-7-16/h3-7,15,18-19,24-25H,8-14H2,1-2H3,(H,23,30). The van der Waals surface area contributed by atoms with Crippen LogP contribution in [-0.4, -0.2) is 83.8 Å². The second-order valence-electron chi connectivity index (χ2n) is 8.19. The number of nitrogens with zero attached hydrogens (tertiary/aromatic N) is 4. The number of nitrogens with one attached hydrogen (secondary N) is 3. The maximum absolute atomic E-state index is 12.8. The predicted molar refractivity (Wildman–Crippen MR) is 119 cm³/mol. The molecular formula is C22H31N7O3. The molecule has 3 heterocycles. The zero-order chi connectivity index (χ0) is 22.5. The maximum atomic E-state index is 12.8. The number of hydrazine groups is 1. The summed E-state index contributed by atoms with van der Waals surface area (Å²) in [6, 6.07) is 10.0. The van der Waals surface area contributed by atoms with Gasteiger partial charge in [0.2, 0.25) is 11.8 Å². The van der Waals surface area contributed by atoms with Crippen molar-refractivity contribution in [3.8, 4) is 5.88 Å². The number of carbonyl (C=O) groups excluding carboxylic acids is 2. The van der Waals surface area contributed by atoms with Crippen LogP contribution in [0.4, 0.5) is 0 Å². The Balaban J connectivity index is 1.17. The lowest BCUT2D eigenvalue weighted by atomic mass is 10.0. The second kappa shape index (κ2) is 10.1. The number of aryl methyl sites for hydroxylation is 1. The van der Waals surface area contributed by atoms with Gasteiger partial charge in [0.25, 0.3) is 5.91 Å². The summed E-state index contributed by atoms with van der Waals surface area (Å²) in [5.74, 6) is 0.302. The Morgan fingerprint density at radius 1 is 1.16 bits per heavy atom. The minimum atomic E-state index is -0.246. The van der Waals surface area contributed by atoms with E-state index in [-0.39, 0.29) is 23.9 Å². The molecule has 2 amide bonds. The molecule has 1 aromatic heterocycles. The molecule has 2 unspecified atom stereocenters. The molecule has 10 nitrogen and oxygen atoms in total. The highest BCUT2D eigenvalue weighted by Crippen LogP contribution is 2.22. The van der Waals surface area contributed by atoms with Gasteiger partial charge in [-0.3, -0.25) is 19.2 Å². The van der Waals surface area contributed by atoms with Gasteiger partial charge in [0, 0.05) is 58.6 Å². The van der Waals surface area contributed by atoms with Crippen LogP contribution < -0.4 is 20.9 Å². The minimum Gasteiger partial charge on any atom is -0.479 e. The summed E-state index contributed by atoms with van der Waals surface area (Å²) in [6.45, 7) is 4.14. The first-order valence-electron chi connectivity index (χ1n) is 11.0. The summed E-state index contributed by atoms with van der Waals surface area (Å²) in [6.07, 6.45) is 2.41. The number of hydrogen-bond acceptors (Lipinski definition) is 7. The average Bonchev–Trinajstić information content (AvgIpc) is 3.46. The van der Waals surface area contributed by atoms with E-state index in [0.29, 0.717) is 37.5 Å². The quantitative estimate of drug-likeness (QED) is 0.552. The van der Waals surface area contributed by atoms with Crippen molar-refractivity contribution in [2.45, 2.75) is 18.5 Å². The molecular weight excluding hydrogens is 410 g/mol. The van der Waals surface area contributed by atoms with Crippen LogP contribution in [-0.2, 0) is 11.8 Å². The first-order chi connectivity index (χ1) is 15.5. The highest BCUT2D eigenvalue weighted by Gasteiger charge is 2.30. The fourth-order valence-electron chi connectivity index (χ4n) is 4.20. The Bertz CT molecular complexity index is 925. The van der Waals surface area contributed by atoms with Crippen molar-refractivity contribution in [3.63, 3.8) is 0 Å². The summed E-state index contributed by atoms with van der Waals surface area (Å²) in [5.41, 5.74) is 7.97. The third-order valence-electron chi connectivity index (χ3n) is 6.03. The van der Waals surface area contributed by atoms with Crippen LogP contribution in [0.2, 0.25) is 0 Å². The highest BCUT2D eigenvalue weighted by atomic mass is 16.5. The van der Waals surface area contributed by atoms with E-state index >= 15 is 0 Å². The van der Waals surface area contributed by atoms with Crippen LogP contribution in [0, 0.1) is 0 Å². The Morgan fingerprint density at radius 3 is 2.62 bits per heavy atom. The molecule has 2 atom stereocenters. The van der Waals surface area contributed by atoms with E-state index in [1.54, 1.807) is 17.9 Å². The molecule has 4 rings (SSSR count). The van der Waals surface area contributed by atoms with Crippen LogP contribution in [0.1, 0.15) is 28.4 Å². The summed E-state index contributed by atoms with van der Waals surface area (Å²) in [7, 11) is 3.29. The molecule has 2 aliphatic rings. The number of carbonyl (C=O) groups is 2. The van der Waals surface area contributed by atoms with Crippen LogP contribution >= 0.6 is 0 Å². The normalized spacial score (nSPS) is 21.5. The number of ether oxygens (including phenoxy) is 1. The smallest absolute Gasteiger partial charge is 0.261 e. The van der Waals surface area contributed by atoms with E-state index in [1.165, 1.54) is 12.7 Å². The van der Waals surface area contributed by atoms with Gasteiger partial charge in [-0.25, -0.2) is 10.9 Å². The summed E-state index contributed by atoms with van der Waals surface area (Å²) < 4.78 is 6.79. The van der Waals surface area contributed by atoms with Gasteiger partial charge in [-0.15, -0.1) is 5.10 Å². The fourth-order valence-corrected chi connectivity index (χ4v) is 4.20. The summed E-state index contributed by atoms with van der Waals surface area (Å²) in [4.78, 5) is 29.4. The van der Waals surface area contributed by atoms with Gasteiger partial charge in [0.15, 0.2) is 0 Å². The largest absolute Gasteiger partial charge is 0.479 e. The number of benzene rings is 1. The lowest BCUT2D eigenvalue weighted by molar-refractivity contribution is -0.122. The molecule has 0 saturated carbocycles. The average molecular weight is 442 g/mol. The number of methoxy groups -OCH3 is 1. The lowest BCUT2D eigenvalue weighted by Crippen LogP contribution is -2.51. The lowest BCUT2D eigenvalue weighted by Gasteiger charge is -2.34. The van der Waals surface area contributed by atoms with Gasteiger partial charge >= 0.3 is 0 Å². The fraction of sp³-hybridized carbons (Fsp3) is 0.500. The van der Waals surface area contributed by atoms with Crippen molar-refractivity contribution in [1.82, 2.24) is 35.7 Å². The van der Waals surface area contributed by atoms with E-state index in [0.717, 1.165) is 19.6 Å². The van der Waals surface area contributed by atoms with Crippen molar-refractivity contribution in [2.24, 2.45) is 7.05 Å².